The standard InChI is InChI=1S/C14H15FN4/c1-8-12(16)18-14(9-6-7-9)19-13(8)17-11-5-3-2-4-10(11)15/h2-5,9H,6-7H2,1H3,(H3,16,17,18,19). The number of benzene rings is 1. The smallest absolute Gasteiger partial charge is 0.146 e. The summed E-state index contributed by atoms with van der Waals surface area (Å²) in [5.74, 6) is 1.88. The number of nitrogens with two attached hydrogens (primary N) is 1. The first-order valence-electron chi connectivity index (χ1n) is 6.30. The van der Waals surface area contributed by atoms with Gasteiger partial charge in [-0.1, -0.05) is 12.1 Å². The molecule has 2 aromatic rings. The molecular formula is C14H15FN4. The molecule has 0 radical (unpaired) electrons. The van der Waals surface area contributed by atoms with E-state index in [9.17, 15) is 4.39 Å². The fourth-order valence-corrected chi connectivity index (χ4v) is 1.89. The number of anilines is 3. The Morgan fingerprint density at radius 3 is 2.68 bits per heavy atom. The second-order valence-corrected chi connectivity index (χ2v) is 4.82. The minimum Gasteiger partial charge on any atom is -0.383 e. The van der Waals surface area contributed by atoms with Crippen LogP contribution in [0.5, 0.6) is 0 Å². The highest BCUT2D eigenvalue weighted by atomic mass is 19.1. The monoisotopic (exact) mass is 258 g/mol. The van der Waals surface area contributed by atoms with E-state index in [1.807, 2.05) is 6.92 Å². The second-order valence-electron chi connectivity index (χ2n) is 4.82. The summed E-state index contributed by atoms with van der Waals surface area (Å²) in [6.45, 7) is 1.83. The van der Waals surface area contributed by atoms with Crippen LogP contribution in [0, 0.1) is 12.7 Å². The van der Waals surface area contributed by atoms with E-state index >= 15 is 0 Å². The van der Waals surface area contributed by atoms with E-state index in [-0.39, 0.29) is 5.82 Å². The fraction of sp³-hybridized carbons (Fsp3) is 0.286. The average Bonchev–Trinajstić information content (AvgIpc) is 3.21. The summed E-state index contributed by atoms with van der Waals surface area (Å²) < 4.78 is 13.6. The molecule has 1 saturated carbocycles. The summed E-state index contributed by atoms with van der Waals surface area (Å²) in [6, 6.07) is 6.50. The highest BCUT2D eigenvalue weighted by Gasteiger charge is 2.28. The number of nitrogens with one attached hydrogen (secondary N) is 1. The van der Waals surface area contributed by atoms with E-state index in [2.05, 4.69) is 15.3 Å². The van der Waals surface area contributed by atoms with Crippen LogP contribution in [0.25, 0.3) is 0 Å². The number of hydrogen-bond donors (Lipinski definition) is 2. The predicted octanol–water partition coefficient (Wildman–Crippen LogP) is 3.13. The number of rotatable bonds is 3. The Labute approximate surface area is 110 Å². The topological polar surface area (TPSA) is 63.8 Å². The van der Waals surface area contributed by atoms with Crippen molar-refractivity contribution in [2.45, 2.75) is 25.7 Å². The van der Waals surface area contributed by atoms with Crippen molar-refractivity contribution < 1.29 is 4.39 Å². The van der Waals surface area contributed by atoms with E-state index in [4.69, 9.17) is 5.73 Å². The van der Waals surface area contributed by atoms with Crippen molar-refractivity contribution in [3.8, 4) is 0 Å². The molecule has 19 heavy (non-hydrogen) atoms. The van der Waals surface area contributed by atoms with Crippen molar-refractivity contribution in [3.63, 3.8) is 0 Å². The van der Waals surface area contributed by atoms with Crippen LogP contribution < -0.4 is 11.1 Å². The number of nitrogens with zero attached hydrogens (tertiary/aromatic N) is 2. The number of hydrogen-bond acceptors (Lipinski definition) is 4. The molecule has 1 heterocycles. The van der Waals surface area contributed by atoms with E-state index in [1.165, 1.54) is 6.07 Å². The molecule has 0 bridgehead atoms. The number of halogens is 1. The Hall–Kier alpha value is -2.17. The van der Waals surface area contributed by atoms with Crippen LogP contribution in [-0.4, -0.2) is 9.97 Å². The van der Waals surface area contributed by atoms with Crippen molar-refractivity contribution in [1.29, 1.82) is 0 Å². The average molecular weight is 258 g/mol. The minimum absolute atomic E-state index is 0.313. The number of nitrogen functional groups attached to an aromatic ring is 1. The maximum absolute atomic E-state index is 13.6. The first kappa shape index (κ1) is 11.9. The van der Waals surface area contributed by atoms with Gasteiger partial charge in [0.15, 0.2) is 0 Å². The van der Waals surface area contributed by atoms with Gasteiger partial charge in [0, 0.05) is 11.5 Å². The van der Waals surface area contributed by atoms with Crippen LogP contribution in [0.3, 0.4) is 0 Å². The van der Waals surface area contributed by atoms with Gasteiger partial charge >= 0.3 is 0 Å². The van der Waals surface area contributed by atoms with E-state index in [1.54, 1.807) is 18.2 Å². The van der Waals surface area contributed by atoms with Crippen LogP contribution in [-0.2, 0) is 0 Å². The van der Waals surface area contributed by atoms with Crippen molar-refractivity contribution in [3.05, 3.63) is 41.5 Å². The van der Waals surface area contributed by atoms with Gasteiger partial charge in [0.2, 0.25) is 0 Å². The molecule has 3 rings (SSSR count). The third-order valence-corrected chi connectivity index (χ3v) is 3.27. The van der Waals surface area contributed by atoms with Gasteiger partial charge in [-0.25, -0.2) is 14.4 Å². The molecule has 0 unspecified atom stereocenters. The first-order valence-corrected chi connectivity index (χ1v) is 6.30. The Morgan fingerprint density at radius 2 is 2.00 bits per heavy atom. The summed E-state index contributed by atoms with van der Waals surface area (Å²) in [4.78, 5) is 8.75. The number of aromatic nitrogens is 2. The van der Waals surface area contributed by atoms with E-state index in [0.29, 0.717) is 23.2 Å². The largest absolute Gasteiger partial charge is 0.383 e. The lowest BCUT2D eigenvalue weighted by atomic mass is 10.2. The van der Waals surface area contributed by atoms with Crippen LogP contribution >= 0.6 is 0 Å². The quantitative estimate of drug-likeness (QED) is 0.887. The Bertz CT molecular complexity index is 623. The highest BCUT2D eigenvalue weighted by molar-refractivity contribution is 5.64. The molecule has 5 heteroatoms. The minimum atomic E-state index is -0.313. The van der Waals surface area contributed by atoms with Gasteiger partial charge in [-0.2, -0.15) is 0 Å². The van der Waals surface area contributed by atoms with Crippen LogP contribution in [0.4, 0.5) is 21.7 Å². The maximum Gasteiger partial charge on any atom is 0.146 e. The lowest BCUT2D eigenvalue weighted by Crippen LogP contribution is -2.07. The SMILES string of the molecule is Cc1c(N)nc(C2CC2)nc1Nc1ccccc1F. The summed E-state index contributed by atoms with van der Waals surface area (Å²) in [5, 5.41) is 3.00. The van der Waals surface area contributed by atoms with Crippen molar-refractivity contribution in [2.75, 3.05) is 11.1 Å². The van der Waals surface area contributed by atoms with Gasteiger partial charge in [0.05, 0.1) is 5.69 Å². The summed E-state index contributed by atoms with van der Waals surface area (Å²) in [7, 11) is 0. The van der Waals surface area contributed by atoms with Crippen LogP contribution in [0.2, 0.25) is 0 Å². The Morgan fingerprint density at radius 1 is 1.26 bits per heavy atom. The molecule has 1 aliphatic carbocycles. The zero-order valence-electron chi connectivity index (χ0n) is 10.7. The Balaban J connectivity index is 1.98. The molecule has 0 aliphatic heterocycles. The van der Waals surface area contributed by atoms with Crippen LogP contribution in [0.15, 0.2) is 24.3 Å². The molecule has 1 aromatic carbocycles. The van der Waals surface area contributed by atoms with Gasteiger partial charge in [-0.15, -0.1) is 0 Å². The molecule has 3 N–H and O–H groups in total. The molecule has 1 aliphatic rings. The predicted molar refractivity (Wildman–Crippen MR) is 72.8 cm³/mol. The zero-order chi connectivity index (χ0) is 13.4. The first-order chi connectivity index (χ1) is 9.15. The van der Waals surface area contributed by atoms with Gasteiger partial charge in [0.25, 0.3) is 0 Å². The van der Waals surface area contributed by atoms with Crippen LogP contribution in [0.1, 0.15) is 30.1 Å². The Kier molecular flexibility index (Phi) is 2.81. The lowest BCUT2D eigenvalue weighted by molar-refractivity contribution is 0.631. The molecule has 1 aromatic heterocycles. The van der Waals surface area contributed by atoms with Gasteiger partial charge in [0.1, 0.15) is 23.3 Å². The third kappa shape index (κ3) is 2.36. The lowest BCUT2D eigenvalue weighted by Gasteiger charge is -2.12. The number of para-hydroxylation sites is 1. The van der Waals surface area contributed by atoms with Crippen molar-refractivity contribution in [2.24, 2.45) is 0 Å². The van der Waals surface area contributed by atoms with E-state index in [0.717, 1.165) is 24.2 Å². The van der Waals surface area contributed by atoms with Crippen molar-refractivity contribution >= 4 is 17.3 Å². The molecule has 1 fully saturated rings. The molecule has 4 nitrogen and oxygen atoms in total. The summed E-state index contributed by atoms with van der Waals surface area (Å²) in [6.07, 6.45) is 2.20. The van der Waals surface area contributed by atoms with Crippen molar-refractivity contribution in [1.82, 2.24) is 9.97 Å². The normalized spacial score (nSPS) is 14.4. The molecule has 0 saturated heterocycles. The summed E-state index contributed by atoms with van der Waals surface area (Å²) in [5.41, 5.74) is 7.03. The van der Waals surface area contributed by atoms with Gasteiger partial charge in [-0.05, 0) is 31.9 Å². The van der Waals surface area contributed by atoms with Gasteiger partial charge in [-0.3, -0.25) is 0 Å². The molecule has 98 valence electrons. The fourth-order valence-electron chi connectivity index (χ4n) is 1.89. The molecule has 0 spiro atoms. The highest BCUT2D eigenvalue weighted by Crippen LogP contribution is 2.39. The van der Waals surface area contributed by atoms with Gasteiger partial charge < -0.3 is 11.1 Å². The maximum atomic E-state index is 13.6. The summed E-state index contributed by atoms with van der Waals surface area (Å²) >= 11 is 0. The zero-order valence-corrected chi connectivity index (χ0v) is 10.7. The third-order valence-electron chi connectivity index (χ3n) is 3.27. The second kappa shape index (κ2) is 4.50. The molecule has 0 amide bonds. The molecular weight excluding hydrogens is 243 g/mol. The van der Waals surface area contributed by atoms with E-state index < -0.39 is 0 Å². The molecule has 0 atom stereocenters.